The van der Waals surface area contributed by atoms with Gasteiger partial charge in [-0.3, -0.25) is 0 Å². The molecule has 0 spiro atoms. The Balaban J connectivity index is 2.04. The van der Waals surface area contributed by atoms with Gasteiger partial charge in [0, 0.05) is 4.47 Å². The molecule has 0 unspecified atom stereocenters. The van der Waals surface area contributed by atoms with Gasteiger partial charge in [0.2, 0.25) is 5.82 Å². The lowest BCUT2D eigenvalue weighted by Crippen LogP contribution is -2.01. The number of halogens is 1. The van der Waals surface area contributed by atoms with E-state index in [1.54, 1.807) is 19.2 Å². The van der Waals surface area contributed by atoms with Crippen molar-refractivity contribution in [1.82, 2.24) is 20.2 Å². The Morgan fingerprint density at radius 1 is 1.50 bits per heavy atom. The molecule has 1 heterocycles. The van der Waals surface area contributed by atoms with Crippen LogP contribution in [-0.2, 0) is 13.7 Å². The van der Waals surface area contributed by atoms with E-state index in [4.69, 9.17) is 10.5 Å². The molecule has 0 fully saturated rings. The molecule has 7 heteroatoms. The lowest BCUT2D eigenvalue weighted by atomic mass is 10.3. The zero-order chi connectivity index (χ0) is 11.5. The number of hydrogen-bond donors (Lipinski definition) is 1. The predicted molar refractivity (Wildman–Crippen MR) is 61.7 cm³/mol. The maximum absolute atomic E-state index is 5.77. The van der Waals surface area contributed by atoms with E-state index < -0.39 is 0 Å². The van der Waals surface area contributed by atoms with Gasteiger partial charge in [-0.1, -0.05) is 15.9 Å². The monoisotopic (exact) mass is 283 g/mol. The van der Waals surface area contributed by atoms with Crippen LogP contribution in [0.4, 0.5) is 5.69 Å². The van der Waals surface area contributed by atoms with Crippen LogP contribution in [0.1, 0.15) is 5.82 Å². The summed E-state index contributed by atoms with van der Waals surface area (Å²) >= 11 is 3.32. The van der Waals surface area contributed by atoms with E-state index in [9.17, 15) is 0 Å². The summed E-state index contributed by atoms with van der Waals surface area (Å²) in [6, 6.07) is 5.42. The minimum absolute atomic E-state index is 0.250. The van der Waals surface area contributed by atoms with Crippen LogP contribution in [0.3, 0.4) is 0 Å². The number of benzene rings is 1. The second-order valence-corrected chi connectivity index (χ2v) is 4.08. The van der Waals surface area contributed by atoms with Crippen LogP contribution in [0, 0.1) is 0 Å². The first kappa shape index (κ1) is 10.9. The molecule has 0 aliphatic rings. The van der Waals surface area contributed by atoms with Gasteiger partial charge in [0.05, 0.1) is 12.7 Å². The Morgan fingerprint density at radius 2 is 2.31 bits per heavy atom. The number of tetrazole rings is 1. The number of ether oxygens (including phenoxy) is 1. The summed E-state index contributed by atoms with van der Waals surface area (Å²) in [6.45, 7) is 0.250. The molecular weight excluding hydrogens is 274 g/mol. The van der Waals surface area contributed by atoms with E-state index >= 15 is 0 Å². The molecule has 0 radical (unpaired) electrons. The fraction of sp³-hybridized carbons (Fsp3) is 0.222. The minimum Gasteiger partial charge on any atom is -0.483 e. The molecular formula is C9H10BrN5O. The van der Waals surface area contributed by atoms with E-state index in [2.05, 4.69) is 31.3 Å². The van der Waals surface area contributed by atoms with E-state index in [0.29, 0.717) is 17.3 Å². The SMILES string of the molecule is Cn1nnc(COc2ccc(Br)cc2N)n1. The maximum atomic E-state index is 5.77. The van der Waals surface area contributed by atoms with E-state index in [0.717, 1.165) is 4.47 Å². The highest BCUT2D eigenvalue weighted by molar-refractivity contribution is 9.10. The van der Waals surface area contributed by atoms with Crippen molar-refractivity contribution in [3.05, 3.63) is 28.5 Å². The largest absolute Gasteiger partial charge is 0.483 e. The number of rotatable bonds is 3. The van der Waals surface area contributed by atoms with Gasteiger partial charge in [-0.25, -0.2) is 0 Å². The van der Waals surface area contributed by atoms with Gasteiger partial charge in [0.25, 0.3) is 0 Å². The summed E-state index contributed by atoms with van der Waals surface area (Å²) in [5.41, 5.74) is 6.34. The topological polar surface area (TPSA) is 78.8 Å². The van der Waals surface area contributed by atoms with E-state index in [1.807, 2.05) is 6.07 Å². The molecule has 0 atom stereocenters. The Hall–Kier alpha value is -1.63. The molecule has 16 heavy (non-hydrogen) atoms. The summed E-state index contributed by atoms with van der Waals surface area (Å²) in [6.07, 6.45) is 0. The third kappa shape index (κ3) is 2.48. The van der Waals surface area contributed by atoms with Crippen LogP contribution >= 0.6 is 15.9 Å². The van der Waals surface area contributed by atoms with Crippen LogP contribution in [0.5, 0.6) is 5.75 Å². The van der Waals surface area contributed by atoms with Crippen LogP contribution in [0.2, 0.25) is 0 Å². The molecule has 84 valence electrons. The number of nitrogen functional groups attached to an aromatic ring is 1. The molecule has 0 bridgehead atoms. The Labute approximate surface area is 101 Å². The molecule has 0 saturated heterocycles. The average Bonchev–Trinajstić information content (AvgIpc) is 2.63. The number of anilines is 1. The predicted octanol–water partition coefficient (Wildman–Crippen LogP) is 1.13. The van der Waals surface area contributed by atoms with Crippen molar-refractivity contribution in [3.63, 3.8) is 0 Å². The minimum atomic E-state index is 0.250. The summed E-state index contributed by atoms with van der Waals surface area (Å²) in [5, 5.41) is 11.5. The third-order valence-electron chi connectivity index (χ3n) is 1.88. The maximum Gasteiger partial charge on any atom is 0.212 e. The lowest BCUT2D eigenvalue weighted by molar-refractivity contribution is 0.297. The van der Waals surface area contributed by atoms with Crippen LogP contribution in [0.15, 0.2) is 22.7 Å². The van der Waals surface area contributed by atoms with E-state index in [-0.39, 0.29) is 6.61 Å². The molecule has 2 rings (SSSR count). The molecule has 0 aliphatic carbocycles. The summed E-state index contributed by atoms with van der Waals surface area (Å²) in [4.78, 5) is 1.38. The smallest absolute Gasteiger partial charge is 0.212 e. The first-order valence-electron chi connectivity index (χ1n) is 4.56. The molecule has 0 saturated carbocycles. The molecule has 2 N–H and O–H groups in total. The zero-order valence-electron chi connectivity index (χ0n) is 8.59. The standard InChI is InChI=1S/C9H10BrN5O/c1-15-13-9(12-14-15)5-16-8-3-2-6(10)4-7(8)11/h2-4H,5,11H2,1H3. The fourth-order valence-corrected chi connectivity index (χ4v) is 1.55. The highest BCUT2D eigenvalue weighted by Gasteiger charge is 2.04. The molecule has 1 aromatic carbocycles. The van der Waals surface area contributed by atoms with Crippen molar-refractivity contribution >= 4 is 21.6 Å². The van der Waals surface area contributed by atoms with Gasteiger partial charge in [0.15, 0.2) is 6.61 Å². The second-order valence-electron chi connectivity index (χ2n) is 3.17. The van der Waals surface area contributed by atoms with E-state index in [1.165, 1.54) is 4.80 Å². The van der Waals surface area contributed by atoms with Gasteiger partial charge in [-0.15, -0.1) is 10.2 Å². The Morgan fingerprint density at radius 3 is 2.94 bits per heavy atom. The number of nitrogens with two attached hydrogens (primary N) is 1. The van der Waals surface area contributed by atoms with Crippen molar-refractivity contribution in [2.75, 3.05) is 5.73 Å². The molecule has 0 aliphatic heterocycles. The first-order valence-corrected chi connectivity index (χ1v) is 5.35. The van der Waals surface area contributed by atoms with Crippen molar-refractivity contribution in [2.45, 2.75) is 6.61 Å². The van der Waals surface area contributed by atoms with Crippen molar-refractivity contribution < 1.29 is 4.74 Å². The number of nitrogens with zero attached hydrogens (tertiary/aromatic N) is 4. The fourth-order valence-electron chi connectivity index (χ4n) is 1.17. The number of aryl methyl sites for hydroxylation is 1. The highest BCUT2D eigenvalue weighted by atomic mass is 79.9. The quantitative estimate of drug-likeness (QED) is 0.855. The highest BCUT2D eigenvalue weighted by Crippen LogP contribution is 2.25. The summed E-state index contributed by atoms with van der Waals surface area (Å²) < 4.78 is 6.38. The zero-order valence-corrected chi connectivity index (χ0v) is 10.2. The molecule has 0 amide bonds. The molecule has 2 aromatic rings. The van der Waals surface area contributed by atoms with Crippen LogP contribution in [-0.4, -0.2) is 20.2 Å². The van der Waals surface area contributed by atoms with Gasteiger partial charge < -0.3 is 10.5 Å². The number of hydrogen-bond acceptors (Lipinski definition) is 5. The van der Waals surface area contributed by atoms with Crippen molar-refractivity contribution in [3.8, 4) is 5.75 Å². The van der Waals surface area contributed by atoms with Crippen LogP contribution in [0.25, 0.3) is 0 Å². The van der Waals surface area contributed by atoms with Gasteiger partial charge in [0.1, 0.15) is 5.75 Å². The number of aromatic nitrogens is 4. The van der Waals surface area contributed by atoms with Crippen LogP contribution < -0.4 is 10.5 Å². The van der Waals surface area contributed by atoms with Gasteiger partial charge in [-0.05, 0) is 23.4 Å². The summed E-state index contributed by atoms with van der Waals surface area (Å²) in [7, 11) is 1.70. The van der Waals surface area contributed by atoms with Crippen molar-refractivity contribution in [1.29, 1.82) is 0 Å². The molecule has 1 aromatic heterocycles. The Bertz CT molecular complexity index is 498. The summed E-state index contributed by atoms with van der Waals surface area (Å²) in [5.74, 6) is 1.13. The lowest BCUT2D eigenvalue weighted by Gasteiger charge is -2.06. The van der Waals surface area contributed by atoms with Gasteiger partial charge in [-0.2, -0.15) is 4.80 Å². The van der Waals surface area contributed by atoms with Crippen molar-refractivity contribution in [2.24, 2.45) is 7.05 Å². The van der Waals surface area contributed by atoms with Gasteiger partial charge >= 0.3 is 0 Å². The first-order chi connectivity index (χ1) is 7.65. The average molecular weight is 284 g/mol. The molecule has 6 nitrogen and oxygen atoms in total. The second kappa shape index (κ2) is 4.48. The Kier molecular flexibility index (Phi) is 3.04. The third-order valence-corrected chi connectivity index (χ3v) is 2.37. The normalized spacial score (nSPS) is 10.4.